The molecule has 1 aliphatic heterocycles. The summed E-state index contributed by atoms with van der Waals surface area (Å²) in [6.45, 7) is 14.3. The van der Waals surface area contributed by atoms with E-state index in [-0.39, 0.29) is 0 Å². The molecule has 0 aromatic carbocycles. The van der Waals surface area contributed by atoms with Crippen molar-refractivity contribution >= 4 is 0 Å². The van der Waals surface area contributed by atoms with Gasteiger partial charge in [-0.25, -0.2) is 0 Å². The van der Waals surface area contributed by atoms with Crippen LogP contribution in [0, 0.1) is 11.3 Å². The first-order chi connectivity index (χ1) is 6.94. The van der Waals surface area contributed by atoms with E-state index >= 15 is 0 Å². The van der Waals surface area contributed by atoms with Gasteiger partial charge < -0.3 is 5.32 Å². The Morgan fingerprint density at radius 2 is 1.93 bits per heavy atom. The number of hydrogen-bond acceptors (Lipinski definition) is 2. The molecule has 0 atom stereocenters. The summed E-state index contributed by atoms with van der Waals surface area (Å²) in [6, 6.07) is 0. The molecular formula is C13H26N2. The highest BCUT2D eigenvalue weighted by Crippen LogP contribution is 2.52. The molecule has 2 heteroatoms. The molecule has 2 rings (SSSR count). The van der Waals surface area contributed by atoms with Gasteiger partial charge in [-0.3, -0.25) is 4.90 Å². The van der Waals surface area contributed by atoms with Crippen LogP contribution >= 0.6 is 0 Å². The first-order valence-corrected chi connectivity index (χ1v) is 6.41. The number of rotatable bonds is 3. The summed E-state index contributed by atoms with van der Waals surface area (Å²) in [4.78, 5) is 2.67. The first-order valence-electron chi connectivity index (χ1n) is 6.41. The zero-order chi connectivity index (χ0) is 11.1. The van der Waals surface area contributed by atoms with Gasteiger partial charge in [0.15, 0.2) is 0 Å². The molecule has 2 nitrogen and oxygen atoms in total. The molecular weight excluding hydrogens is 184 g/mol. The molecule has 1 heterocycles. The van der Waals surface area contributed by atoms with Gasteiger partial charge >= 0.3 is 0 Å². The van der Waals surface area contributed by atoms with Gasteiger partial charge in [0.2, 0.25) is 0 Å². The van der Waals surface area contributed by atoms with Crippen LogP contribution in [0.15, 0.2) is 0 Å². The van der Waals surface area contributed by atoms with Crippen molar-refractivity contribution in [1.82, 2.24) is 10.2 Å². The average Bonchev–Trinajstić information content (AvgIpc) is 2.83. The molecule has 1 aliphatic carbocycles. The summed E-state index contributed by atoms with van der Waals surface area (Å²) < 4.78 is 0. The van der Waals surface area contributed by atoms with E-state index < -0.39 is 0 Å². The van der Waals surface area contributed by atoms with Crippen LogP contribution in [-0.2, 0) is 0 Å². The van der Waals surface area contributed by atoms with Crippen molar-refractivity contribution in [3.63, 3.8) is 0 Å². The van der Waals surface area contributed by atoms with E-state index in [0.717, 1.165) is 12.5 Å². The Morgan fingerprint density at radius 1 is 1.27 bits per heavy atom. The minimum absolute atomic E-state index is 0.311. The lowest BCUT2D eigenvalue weighted by molar-refractivity contribution is 0.114. The van der Waals surface area contributed by atoms with E-state index in [1.54, 1.807) is 0 Å². The second kappa shape index (κ2) is 3.74. The minimum Gasteiger partial charge on any atom is -0.309 e. The van der Waals surface area contributed by atoms with Gasteiger partial charge in [-0.15, -0.1) is 0 Å². The summed E-state index contributed by atoms with van der Waals surface area (Å²) in [7, 11) is 0. The van der Waals surface area contributed by atoms with Gasteiger partial charge in [0.25, 0.3) is 0 Å². The molecule has 0 radical (unpaired) electrons. The lowest BCUT2D eigenvalue weighted by atomic mass is 9.90. The van der Waals surface area contributed by atoms with Crippen molar-refractivity contribution in [3.8, 4) is 0 Å². The fourth-order valence-electron chi connectivity index (χ4n) is 2.91. The number of piperazine rings is 1. The van der Waals surface area contributed by atoms with Crippen molar-refractivity contribution < 1.29 is 0 Å². The van der Waals surface area contributed by atoms with Crippen LogP contribution in [0.25, 0.3) is 0 Å². The molecule has 88 valence electrons. The zero-order valence-electron chi connectivity index (χ0n) is 10.8. The first kappa shape index (κ1) is 11.4. The minimum atomic E-state index is 0.311. The van der Waals surface area contributed by atoms with Crippen molar-refractivity contribution in [2.45, 2.75) is 46.1 Å². The molecule has 0 bridgehead atoms. The lowest BCUT2D eigenvalue weighted by Gasteiger charge is -2.41. The molecule has 0 spiro atoms. The molecule has 15 heavy (non-hydrogen) atoms. The smallest absolute Gasteiger partial charge is 0.0252 e. The Balaban J connectivity index is 1.90. The molecule has 2 aliphatic rings. The molecule has 1 saturated carbocycles. The number of hydrogen-bond donors (Lipinski definition) is 1. The van der Waals surface area contributed by atoms with Gasteiger partial charge in [-0.05, 0) is 38.0 Å². The van der Waals surface area contributed by atoms with E-state index in [0.29, 0.717) is 11.0 Å². The lowest BCUT2D eigenvalue weighted by Crippen LogP contribution is -2.58. The molecule has 0 aromatic heterocycles. The third kappa shape index (κ3) is 2.54. The van der Waals surface area contributed by atoms with Gasteiger partial charge in [0.1, 0.15) is 0 Å². The van der Waals surface area contributed by atoms with E-state index in [9.17, 15) is 0 Å². The summed E-state index contributed by atoms with van der Waals surface area (Å²) >= 11 is 0. The van der Waals surface area contributed by atoms with E-state index in [4.69, 9.17) is 0 Å². The fraction of sp³-hybridized carbons (Fsp3) is 1.00. The zero-order valence-corrected chi connectivity index (χ0v) is 10.8. The van der Waals surface area contributed by atoms with E-state index in [2.05, 4.69) is 37.9 Å². The number of nitrogens with zero attached hydrogens (tertiary/aromatic N) is 1. The highest BCUT2D eigenvalue weighted by atomic mass is 15.2. The molecule has 0 amide bonds. The fourth-order valence-corrected chi connectivity index (χ4v) is 2.91. The Kier molecular flexibility index (Phi) is 2.85. The Morgan fingerprint density at radius 3 is 2.40 bits per heavy atom. The molecule has 0 aromatic rings. The van der Waals surface area contributed by atoms with Crippen LogP contribution in [0.3, 0.4) is 0 Å². The summed E-state index contributed by atoms with van der Waals surface area (Å²) in [5.74, 6) is 0.857. The van der Waals surface area contributed by atoms with Gasteiger partial charge in [-0.2, -0.15) is 0 Å². The Hall–Kier alpha value is -0.0800. The SMILES string of the molecule is CC(C)C1(CN2CCNC(C)(C)C2)CC1. The van der Waals surface area contributed by atoms with Gasteiger partial charge in [0, 0.05) is 31.7 Å². The van der Waals surface area contributed by atoms with Gasteiger partial charge in [0.05, 0.1) is 0 Å². The third-order valence-electron chi connectivity index (χ3n) is 4.31. The van der Waals surface area contributed by atoms with Crippen LogP contribution in [-0.4, -0.2) is 36.6 Å². The Bertz CT molecular complexity index is 229. The van der Waals surface area contributed by atoms with E-state index in [1.165, 1.54) is 32.5 Å². The van der Waals surface area contributed by atoms with Crippen LogP contribution in [0.5, 0.6) is 0 Å². The molecule has 1 N–H and O–H groups in total. The van der Waals surface area contributed by atoms with Crippen LogP contribution in [0.1, 0.15) is 40.5 Å². The van der Waals surface area contributed by atoms with E-state index in [1.807, 2.05) is 0 Å². The molecule has 1 saturated heterocycles. The second-order valence-corrected chi connectivity index (χ2v) is 6.54. The summed E-state index contributed by atoms with van der Waals surface area (Å²) in [6.07, 6.45) is 2.91. The van der Waals surface area contributed by atoms with Crippen LogP contribution in [0.4, 0.5) is 0 Å². The predicted molar refractivity (Wildman–Crippen MR) is 65.0 cm³/mol. The average molecular weight is 210 g/mol. The summed E-state index contributed by atoms with van der Waals surface area (Å²) in [5.41, 5.74) is 0.985. The summed E-state index contributed by atoms with van der Waals surface area (Å²) in [5, 5.41) is 3.58. The third-order valence-corrected chi connectivity index (χ3v) is 4.31. The van der Waals surface area contributed by atoms with Gasteiger partial charge in [-0.1, -0.05) is 13.8 Å². The molecule has 2 fully saturated rings. The molecule has 0 unspecified atom stereocenters. The maximum atomic E-state index is 3.58. The number of nitrogens with one attached hydrogen (secondary N) is 1. The highest BCUT2D eigenvalue weighted by molar-refractivity contribution is 4.99. The maximum absolute atomic E-state index is 3.58. The second-order valence-electron chi connectivity index (χ2n) is 6.54. The van der Waals surface area contributed by atoms with Crippen LogP contribution in [0.2, 0.25) is 0 Å². The highest BCUT2D eigenvalue weighted by Gasteiger charge is 2.46. The van der Waals surface area contributed by atoms with Crippen molar-refractivity contribution in [3.05, 3.63) is 0 Å². The largest absolute Gasteiger partial charge is 0.309 e. The monoisotopic (exact) mass is 210 g/mol. The predicted octanol–water partition coefficient (Wildman–Crippen LogP) is 2.11. The normalized spacial score (nSPS) is 29.4. The van der Waals surface area contributed by atoms with Crippen LogP contribution < -0.4 is 5.32 Å². The van der Waals surface area contributed by atoms with Crippen molar-refractivity contribution in [2.75, 3.05) is 26.2 Å². The maximum Gasteiger partial charge on any atom is 0.0252 e. The quantitative estimate of drug-likeness (QED) is 0.767. The standard InChI is InChI=1S/C13H26N2/c1-11(2)13(5-6-13)10-15-8-7-14-12(3,4)9-15/h11,14H,5-10H2,1-4H3. The van der Waals surface area contributed by atoms with Crippen molar-refractivity contribution in [2.24, 2.45) is 11.3 Å². The van der Waals surface area contributed by atoms with Crippen molar-refractivity contribution in [1.29, 1.82) is 0 Å². The topological polar surface area (TPSA) is 15.3 Å². The Labute approximate surface area is 94.4 Å².